The van der Waals surface area contributed by atoms with Crippen LogP contribution in [0.1, 0.15) is 36.4 Å². The lowest BCUT2D eigenvalue weighted by atomic mass is 9.86. The molecule has 0 saturated heterocycles. The van der Waals surface area contributed by atoms with Crippen LogP contribution in [0.15, 0.2) is 58.5 Å². The molecule has 0 aliphatic rings. The van der Waals surface area contributed by atoms with Gasteiger partial charge < -0.3 is 4.74 Å². The topological polar surface area (TPSA) is 79.0 Å². The molecule has 0 unspecified atom stereocenters. The Kier molecular flexibility index (Phi) is 7.65. The molecule has 0 N–H and O–H groups in total. The van der Waals surface area contributed by atoms with Gasteiger partial charge in [0.15, 0.2) is 5.82 Å². The van der Waals surface area contributed by atoms with Crippen molar-refractivity contribution in [1.82, 2.24) is 19.1 Å². The zero-order valence-electron chi connectivity index (χ0n) is 21.3. The highest BCUT2D eigenvalue weighted by molar-refractivity contribution is 6.31. The van der Waals surface area contributed by atoms with Crippen molar-refractivity contribution in [3.8, 4) is 17.3 Å². The third kappa shape index (κ3) is 5.31. The highest BCUT2D eigenvalue weighted by Crippen LogP contribution is 2.29. The van der Waals surface area contributed by atoms with Gasteiger partial charge >= 0.3 is 0 Å². The van der Waals surface area contributed by atoms with Crippen LogP contribution in [0, 0.1) is 25.5 Å². The van der Waals surface area contributed by atoms with Gasteiger partial charge in [0.25, 0.3) is 11.1 Å². The molecule has 4 aromatic heterocycles. The lowest BCUT2D eigenvalue weighted by Crippen LogP contribution is -2.36. The number of hydrogen-bond donors (Lipinski definition) is 0. The first-order valence-electron chi connectivity index (χ1n) is 11.7. The summed E-state index contributed by atoms with van der Waals surface area (Å²) in [4.78, 5) is 34.4. The SMILES string of the molecule is Cc1cnc(-n2cccc(C(C)(C)C(F)F)c2=O)cc1-n1c(C)cc(OCc2ncc(F)cc2F)c(Cl)c1=O. The molecule has 7 nitrogen and oxygen atoms in total. The maximum absolute atomic E-state index is 13.9. The van der Waals surface area contributed by atoms with Crippen LogP contribution >= 0.6 is 11.6 Å². The predicted octanol–water partition coefficient (Wildman–Crippen LogP) is 5.45. The quantitative estimate of drug-likeness (QED) is 0.280. The van der Waals surface area contributed by atoms with Gasteiger partial charge in [0, 0.05) is 41.9 Å². The van der Waals surface area contributed by atoms with Gasteiger partial charge in [-0.25, -0.2) is 22.5 Å². The first-order chi connectivity index (χ1) is 18.3. The summed E-state index contributed by atoms with van der Waals surface area (Å²) in [6, 6.07) is 6.42. The van der Waals surface area contributed by atoms with Crippen LogP contribution in [0.5, 0.6) is 5.75 Å². The number of aromatic nitrogens is 4. The van der Waals surface area contributed by atoms with E-state index in [0.717, 1.165) is 10.8 Å². The molecule has 0 radical (unpaired) electrons. The zero-order valence-corrected chi connectivity index (χ0v) is 22.1. The summed E-state index contributed by atoms with van der Waals surface area (Å²) < 4.78 is 62.2. The monoisotopic (exact) mass is 562 g/mol. The van der Waals surface area contributed by atoms with Crippen molar-refractivity contribution in [2.24, 2.45) is 0 Å². The van der Waals surface area contributed by atoms with E-state index in [0.29, 0.717) is 23.0 Å². The van der Waals surface area contributed by atoms with Gasteiger partial charge in [0.2, 0.25) is 6.43 Å². The number of rotatable bonds is 7. The summed E-state index contributed by atoms with van der Waals surface area (Å²) in [7, 11) is 0. The van der Waals surface area contributed by atoms with Crippen molar-refractivity contribution in [3.63, 3.8) is 0 Å². The van der Waals surface area contributed by atoms with Crippen molar-refractivity contribution in [3.05, 3.63) is 109 Å². The predicted molar refractivity (Wildman–Crippen MR) is 137 cm³/mol. The molecule has 4 rings (SSSR count). The normalized spacial score (nSPS) is 11.7. The molecule has 0 aliphatic heterocycles. The van der Waals surface area contributed by atoms with Crippen LogP contribution in [0.4, 0.5) is 17.6 Å². The van der Waals surface area contributed by atoms with Crippen LogP contribution in [-0.4, -0.2) is 25.5 Å². The lowest BCUT2D eigenvalue weighted by molar-refractivity contribution is 0.0685. The molecular weight excluding hydrogens is 540 g/mol. The second kappa shape index (κ2) is 10.6. The number of halogens is 5. The van der Waals surface area contributed by atoms with Crippen LogP contribution in [0.3, 0.4) is 0 Å². The Balaban J connectivity index is 1.76. The molecule has 0 aliphatic carbocycles. The molecule has 0 amide bonds. The molecule has 0 bridgehead atoms. The van der Waals surface area contributed by atoms with E-state index in [-0.39, 0.29) is 27.8 Å². The fourth-order valence-electron chi connectivity index (χ4n) is 3.94. The van der Waals surface area contributed by atoms with E-state index >= 15 is 0 Å². The minimum absolute atomic E-state index is 0.0361. The standard InChI is InChI=1S/C27H23ClF4N4O3/c1-14-11-34-22(35-7-5-6-17(24(35)37)27(3,4)26(31)32)10-20(14)36-15(2)8-21(23(28)25(36)38)39-13-19-18(30)9-16(29)12-33-19/h5-12,26H,13H2,1-4H3. The molecule has 0 atom stereocenters. The lowest BCUT2D eigenvalue weighted by Gasteiger charge is -2.24. The number of aryl methyl sites for hydroxylation is 2. The molecule has 4 heterocycles. The van der Waals surface area contributed by atoms with E-state index in [4.69, 9.17) is 16.3 Å². The Morgan fingerprint density at radius 1 is 1.05 bits per heavy atom. The van der Waals surface area contributed by atoms with Crippen molar-refractivity contribution >= 4 is 11.6 Å². The maximum Gasteiger partial charge on any atom is 0.277 e. The molecule has 0 aromatic carbocycles. The van der Waals surface area contributed by atoms with Gasteiger partial charge in [0.05, 0.1) is 17.3 Å². The Bertz CT molecular complexity index is 1690. The third-order valence-electron chi connectivity index (χ3n) is 6.28. The molecule has 4 aromatic rings. The van der Waals surface area contributed by atoms with Gasteiger partial charge in [-0.3, -0.25) is 23.7 Å². The highest BCUT2D eigenvalue weighted by Gasteiger charge is 2.34. The number of hydrogen-bond acceptors (Lipinski definition) is 5. The summed E-state index contributed by atoms with van der Waals surface area (Å²) in [5.41, 5.74) is -2.02. The van der Waals surface area contributed by atoms with E-state index < -0.39 is 41.2 Å². The number of ether oxygens (including phenoxy) is 1. The van der Waals surface area contributed by atoms with Gasteiger partial charge in [-0.05, 0) is 25.5 Å². The second-order valence-electron chi connectivity index (χ2n) is 9.42. The molecule has 204 valence electrons. The molecule has 0 saturated carbocycles. The van der Waals surface area contributed by atoms with E-state index in [2.05, 4.69) is 9.97 Å². The first-order valence-corrected chi connectivity index (χ1v) is 12.0. The Labute approximate surface area is 225 Å². The van der Waals surface area contributed by atoms with E-state index in [9.17, 15) is 27.2 Å². The summed E-state index contributed by atoms with van der Waals surface area (Å²) in [5, 5.41) is -0.307. The van der Waals surface area contributed by atoms with Gasteiger partial charge in [-0.2, -0.15) is 0 Å². The van der Waals surface area contributed by atoms with Crippen molar-refractivity contribution in [2.75, 3.05) is 0 Å². The molecule has 0 fully saturated rings. The van der Waals surface area contributed by atoms with Crippen LogP contribution < -0.4 is 15.9 Å². The smallest absolute Gasteiger partial charge is 0.277 e. The summed E-state index contributed by atoms with van der Waals surface area (Å²) in [5.74, 6) is -1.68. The molecule has 12 heteroatoms. The molecule has 0 spiro atoms. The average Bonchev–Trinajstić information content (AvgIpc) is 2.87. The average molecular weight is 563 g/mol. The highest BCUT2D eigenvalue weighted by atomic mass is 35.5. The maximum atomic E-state index is 13.9. The fourth-order valence-corrected chi connectivity index (χ4v) is 4.13. The first kappa shape index (κ1) is 28.0. The van der Waals surface area contributed by atoms with Crippen LogP contribution in [-0.2, 0) is 12.0 Å². The number of alkyl halides is 2. The van der Waals surface area contributed by atoms with Gasteiger partial charge in [-0.15, -0.1) is 0 Å². The van der Waals surface area contributed by atoms with E-state index in [1.165, 1.54) is 55.1 Å². The zero-order chi connectivity index (χ0) is 28.6. The summed E-state index contributed by atoms with van der Waals surface area (Å²) in [6.45, 7) is 5.46. The largest absolute Gasteiger partial charge is 0.485 e. The Hall–Kier alpha value is -3.99. The fraction of sp³-hybridized carbons (Fsp3) is 0.259. The van der Waals surface area contributed by atoms with Crippen LogP contribution in [0.2, 0.25) is 5.02 Å². The number of pyridine rings is 4. The molecule has 39 heavy (non-hydrogen) atoms. The van der Waals surface area contributed by atoms with Gasteiger partial charge in [-0.1, -0.05) is 31.5 Å². The minimum atomic E-state index is -2.78. The Morgan fingerprint density at radius 2 is 1.77 bits per heavy atom. The van der Waals surface area contributed by atoms with E-state index in [1.54, 1.807) is 13.8 Å². The van der Waals surface area contributed by atoms with Gasteiger partial charge in [0.1, 0.15) is 34.7 Å². The number of nitrogens with zero attached hydrogens (tertiary/aromatic N) is 4. The minimum Gasteiger partial charge on any atom is -0.485 e. The summed E-state index contributed by atoms with van der Waals surface area (Å²) >= 11 is 6.31. The van der Waals surface area contributed by atoms with Crippen molar-refractivity contribution < 1.29 is 22.3 Å². The second-order valence-corrected chi connectivity index (χ2v) is 9.80. The summed E-state index contributed by atoms with van der Waals surface area (Å²) in [6.07, 6.45) is 0.903. The third-order valence-corrected chi connectivity index (χ3v) is 6.63. The van der Waals surface area contributed by atoms with E-state index in [1.807, 2.05) is 0 Å². The van der Waals surface area contributed by atoms with Crippen molar-refractivity contribution in [2.45, 2.75) is 46.1 Å². The molecular formula is C27H23ClF4N4O3. The Morgan fingerprint density at radius 3 is 2.44 bits per heavy atom. The van der Waals surface area contributed by atoms with Crippen molar-refractivity contribution in [1.29, 1.82) is 0 Å². The van der Waals surface area contributed by atoms with Crippen LogP contribution in [0.25, 0.3) is 11.5 Å².